The van der Waals surface area contributed by atoms with E-state index in [1.54, 1.807) is 0 Å². The molecule has 0 aliphatic rings. The molecule has 0 saturated carbocycles. The van der Waals surface area contributed by atoms with Crippen molar-refractivity contribution in [3.8, 4) is 22.3 Å². The first-order valence-corrected chi connectivity index (χ1v) is 14.4. The lowest BCUT2D eigenvalue weighted by atomic mass is 9.99. The van der Waals surface area contributed by atoms with Crippen LogP contribution in [-0.2, 0) is 35.9 Å². The van der Waals surface area contributed by atoms with E-state index in [0.29, 0.717) is 26.4 Å². The van der Waals surface area contributed by atoms with Crippen LogP contribution in [0.2, 0.25) is 0 Å². The monoisotopic (exact) mass is 548 g/mol. The highest BCUT2D eigenvalue weighted by Crippen LogP contribution is 2.26. The molecule has 0 N–H and O–H groups in total. The average molecular weight is 549 g/mol. The molecule has 6 aromatic carbocycles. The summed E-state index contributed by atoms with van der Waals surface area (Å²) in [7, 11) is 0. The van der Waals surface area contributed by atoms with Gasteiger partial charge < -0.3 is 9.47 Å². The fourth-order valence-corrected chi connectivity index (χ4v) is 4.80. The zero-order chi connectivity index (χ0) is 28.7. The maximum atomic E-state index is 6.13. The van der Waals surface area contributed by atoms with Crippen molar-refractivity contribution in [1.82, 2.24) is 0 Å². The van der Waals surface area contributed by atoms with Gasteiger partial charge in [-0.05, 0) is 44.5 Å². The molecule has 0 heterocycles. The Morgan fingerprint density at radius 1 is 0.286 bits per heavy atom. The van der Waals surface area contributed by atoms with Crippen molar-refractivity contribution in [3.05, 3.63) is 192 Å². The van der Waals surface area contributed by atoms with Crippen molar-refractivity contribution in [1.29, 1.82) is 0 Å². The molecule has 0 radical (unpaired) electrons. The number of rotatable bonds is 10. The molecule has 0 amide bonds. The van der Waals surface area contributed by atoms with Gasteiger partial charge in [-0.25, -0.2) is 0 Å². The van der Waals surface area contributed by atoms with E-state index >= 15 is 0 Å². The predicted molar refractivity (Wildman–Crippen MR) is 174 cm³/mol. The van der Waals surface area contributed by atoms with Gasteiger partial charge in [0.05, 0.1) is 26.4 Å². The second-order valence-electron chi connectivity index (χ2n) is 10.0. The maximum Gasteiger partial charge on any atom is 0.0727 e. The molecule has 0 aromatic heterocycles. The first-order chi connectivity index (χ1) is 20.9. The lowest BCUT2D eigenvalue weighted by molar-refractivity contribution is 0.107. The van der Waals surface area contributed by atoms with Crippen LogP contribution >= 0.6 is 0 Å². The molecule has 6 rings (SSSR count). The van der Waals surface area contributed by atoms with Gasteiger partial charge in [-0.2, -0.15) is 0 Å². The Hall–Kier alpha value is -4.76. The van der Waals surface area contributed by atoms with E-state index in [-0.39, 0.29) is 0 Å². The molecule has 208 valence electrons. The Labute approximate surface area is 249 Å². The van der Waals surface area contributed by atoms with Crippen molar-refractivity contribution < 1.29 is 9.47 Å². The zero-order valence-electron chi connectivity index (χ0n) is 23.8. The third-order valence-corrected chi connectivity index (χ3v) is 6.94. The van der Waals surface area contributed by atoms with Gasteiger partial charge >= 0.3 is 0 Å². The maximum absolute atomic E-state index is 6.13. The Balaban J connectivity index is 0.000000199. The van der Waals surface area contributed by atoms with Crippen LogP contribution in [0.5, 0.6) is 0 Å². The first-order valence-electron chi connectivity index (χ1n) is 14.4. The highest BCUT2D eigenvalue weighted by Gasteiger charge is 2.07. The molecule has 0 unspecified atom stereocenters. The van der Waals surface area contributed by atoms with Crippen LogP contribution in [-0.4, -0.2) is 0 Å². The fourth-order valence-electron chi connectivity index (χ4n) is 4.80. The normalized spacial score (nSPS) is 10.5. The van der Waals surface area contributed by atoms with Gasteiger partial charge in [0.15, 0.2) is 0 Å². The van der Waals surface area contributed by atoms with E-state index in [9.17, 15) is 0 Å². The molecule has 0 aliphatic carbocycles. The third-order valence-electron chi connectivity index (χ3n) is 6.94. The van der Waals surface area contributed by atoms with Gasteiger partial charge in [-0.15, -0.1) is 0 Å². The van der Waals surface area contributed by atoms with Crippen molar-refractivity contribution in [2.45, 2.75) is 26.4 Å². The van der Waals surface area contributed by atoms with Crippen LogP contribution in [0.25, 0.3) is 22.3 Å². The second kappa shape index (κ2) is 15.9. The predicted octanol–water partition coefficient (Wildman–Crippen LogP) is 10.1. The van der Waals surface area contributed by atoms with Crippen LogP contribution in [0.1, 0.15) is 22.3 Å². The quantitative estimate of drug-likeness (QED) is 0.170. The van der Waals surface area contributed by atoms with E-state index < -0.39 is 0 Å². The summed E-state index contributed by atoms with van der Waals surface area (Å²) in [5.74, 6) is 0. The highest BCUT2D eigenvalue weighted by atomic mass is 16.5. The second-order valence-corrected chi connectivity index (χ2v) is 10.0. The largest absolute Gasteiger partial charge is 0.372 e. The third kappa shape index (κ3) is 8.62. The van der Waals surface area contributed by atoms with Gasteiger partial charge in [0.1, 0.15) is 0 Å². The molecule has 0 atom stereocenters. The molecule has 2 nitrogen and oxygen atoms in total. The molecular weight excluding hydrogens is 512 g/mol. The average Bonchev–Trinajstić information content (AvgIpc) is 3.07. The topological polar surface area (TPSA) is 18.5 Å². The molecule has 0 saturated heterocycles. The number of ether oxygens (including phenoxy) is 2. The van der Waals surface area contributed by atoms with Crippen molar-refractivity contribution >= 4 is 0 Å². The van der Waals surface area contributed by atoms with Crippen LogP contribution in [0.4, 0.5) is 0 Å². The fraction of sp³-hybridized carbons (Fsp3) is 0.100. The summed E-state index contributed by atoms with van der Waals surface area (Å²) < 4.78 is 11.7. The Morgan fingerprint density at radius 3 is 1.00 bits per heavy atom. The number of hydrogen-bond donors (Lipinski definition) is 0. The minimum atomic E-state index is 0.591. The van der Waals surface area contributed by atoms with E-state index in [0.717, 1.165) is 0 Å². The van der Waals surface area contributed by atoms with Gasteiger partial charge in [-0.3, -0.25) is 0 Å². The smallest absolute Gasteiger partial charge is 0.0727 e. The van der Waals surface area contributed by atoms with Gasteiger partial charge in [0.25, 0.3) is 0 Å². The molecule has 0 fully saturated rings. The highest BCUT2D eigenvalue weighted by molar-refractivity contribution is 5.68. The van der Waals surface area contributed by atoms with E-state index in [2.05, 4.69) is 121 Å². The molecule has 6 aromatic rings. The number of benzene rings is 6. The standard InChI is InChI=1S/C26H22O.C14H14O/c1-3-11-21(12-4-1)25-17-9-7-15-23(25)19-27-20-24-16-8-10-18-26(24)22-13-5-2-6-14-22;1-3-7-13(8-4-1)11-15-12-14-9-5-2-6-10-14/h1-18H,19-20H2;1-10H,11-12H2. The van der Waals surface area contributed by atoms with Crippen LogP contribution in [0.3, 0.4) is 0 Å². The van der Waals surface area contributed by atoms with Gasteiger partial charge in [0, 0.05) is 0 Å². The summed E-state index contributed by atoms with van der Waals surface area (Å²) in [5.41, 5.74) is 9.76. The summed E-state index contributed by atoms with van der Waals surface area (Å²) >= 11 is 0. The zero-order valence-corrected chi connectivity index (χ0v) is 23.8. The summed E-state index contributed by atoms with van der Waals surface area (Å²) in [6.07, 6.45) is 0. The summed E-state index contributed by atoms with van der Waals surface area (Å²) in [6.45, 7) is 2.54. The van der Waals surface area contributed by atoms with E-state index in [4.69, 9.17) is 9.47 Å². The van der Waals surface area contributed by atoms with E-state index in [1.807, 2.05) is 48.5 Å². The van der Waals surface area contributed by atoms with Crippen LogP contribution < -0.4 is 0 Å². The molecule has 0 aliphatic heterocycles. The van der Waals surface area contributed by atoms with Crippen molar-refractivity contribution in [2.75, 3.05) is 0 Å². The Kier molecular flexibility index (Phi) is 10.9. The Bertz CT molecular complexity index is 1480. The van der Waals surface area contributed by atoms with E-state index in [1.165, 1.54) is 44.5 Å². The molecule has 42 heavy (non-hydrogen) atoms. The van der Waals surface area contributed by atoms with Gasteiger partial charge in [0.2, 0.25) is 0 Å². The molecule has 0 bridgehead atoms. The Morgan fingerprint density at radius 2 is 0.595 bits per heavy atom. The lowest BCUT2D eigenvalue weighted by Crippen LogP contribution is -1.98. The summed E-state index contributed by atoms with van der Waals surface area (Å²) in [5, 5.41) is 0. The van der Waals surface area contributed by atoms with Crippen molar-refractivity contribution in [2.24, 2.45) is 0 Å². The minimum absolute atomic E-state index is 0.591. The molecular formula is C40H36O2. The van der Waals surface area contributed by atoms with Crippen molar-refractivity contribution in [3.63, 3.8) is 0 Å². The number of hydrogen-bond acceptors (Lipinski definition) is 2. The molecule has 0 spiro atoms. The lowest BCUT2D eigenvalue weighted by Gasteiger charge is -2.13. The first kappa shape index (κ1) is 28.8. The van der Waals surface area contributed by atoms with Crippen LogP contribution in [0.15, 0.2) is 170 Å². The minimum Gasteiger partial charge on any atom is -0.372 e. The summed E-state index contributed by atoms with van der Waals surface area (Å²) in [4.78, 5) is 0. The molecule has 2 heteroatoms. The van der Waals surface area contributed by atoms with Crippen LogP contribution in [0, 0.1) is 0 Å². The summed E-state index contributed by atoms with van der Waals surface area (Å²) in [6, 6.07) is 58.3. The SMILES string of the molecule is c1ccc(-c2ccccc2COCc2ccccc2-c2ccccc2)cc1.c1ccc(COCc2ccccc2)cc1. The van der Waals surface area contributed by atoms with Gasteiger partial charge in [-0.1, -0.05) is 170 Å².